The van der Waals surface area contributed by atoms with Crippen molar-refractivity contribution in [2.24, 2.45) is 5.41 Å². The fourth-order valence-electron chi connectivity index (χ4n) is 3.83. The molecule has 0 spiro atoms. The third-order valence-corrected chi connectivity index (χ3v) is 5.16. The van der Waals surface area contributed by atoms with E-state index in [0.29, 0.717) is 5.92 Å². The number of fused-ring (bicyclic) bond motifs is 1. The van der Waals surface area contributed by atoms with Gasteiger partial charge in [0.1, 0.15) is 0 Å². The van der Waals surface area contributed by atoms with E-state index in [9.17, 15) is 0 Å². The zero-order valence-electron chi connectivity index (χ0n) is 16.2. The molecule has 0 heterocycles. The molecular weight excluding hydrogens is 288 g/mol. The van der Waals surface area contributed by atoms with Crippen molar-refractivity contribution in [1.82, 2.24) is 0 Å². The topological polar surface area (TPSA) is 0 Å². The van der Waals surface area contributed by atoms with E-state index in [4.69, 9.17) is 0 Å². The van der Waals surface area contributed by atoms with E-state index in [0.717, 1.165) is 6.42 Å². The van der Waals surface area contributed by atoms with Gasteiger partial charge in [-0.15, -0.1) is 0 Å². The first-order chi connectivity index (χ1) is 11.2. The second-order valence-corrected chi connectivity index (χ2v) is 8.73. The van der Waals surface area contributed by atoms with E-state index >= 15 is 0 Å². The van der Waals surface area contributed by atoms with Crippen LogP contribution >= 0.6 is 0 Å². The van der Waals surface area contributed by atoms with Gasteiger partial charge in [-0.05, 0) is 59.4 Å². The molecule has 1 aliphatic rings. The Bertz CT molecular complexity index is 790. The molecule has 0 radical (unpaired) electrons. The van der Waals surface area contributed by atoms with Gasteiger partial charge < -0.3 is 0 Å². The Morgan fingerprint density at radius 2 is 1.54 bits per heavy atom. The van der Waals surface area contributed by atoms with Crippen molar-refractivity contribution in [1.29, 1.82) is 0 Å². The second kappa shape index (κ2) is 5.92. The fraction of sp³-hybridized carbons (Fsp3) is 0.417. The summed E-state index contributed by atoms with van der Waals surface area (Å²) in [4.78, 5) is 0. The molecule has 0 saturated carbocycles. The summed E-state index contributed by atoms with van der Waals surface area (Å²) in [6.45, 7) is 16.0. The molecule has 0 aromatic heterocycles. The van der Waals surface area contributed by atoms with Crippen LogP contribution in [0.15, 0.2) is 35.9 Å². The molecule has 0 aliphatic heterocycles. The summed E-state index contributed by atoms with van der Waals surface area (Å²) in [6, 6.07) is 11.7. The van der Waals surface area contributed by atoms with Crippen LogP contribution in [-0.4, -0.2) is 0 Å². The monoisotopic (exact) mass is 318 g/mol. The molecule has 0 atom stereocenters. The minimum Gasteiger partial charge on any atom is -0.0598 e. The summed E-state index contributed by atoms with van der Waals surface area (Å²) >= 11 is 0. The maximum absolute atomic E-state index is 2.47. The van der Waals surface area contributed by atoms with Crippen molar-refractivity contribution in [3.8, 4) is 11.1 Å². The third kappa shape index (κ3) is 3.07. The molecule has 0 heteroatoms. The second-order valence-electron chi connectivity index (χ2n) is 8.73. The highest BCUT2D eigenvalue weighted by atomic mass is 14.3. The fourth-order valence-corrected chi connectivity index (χ4v) is 3.83. The van der Waals surface area contributed by atoms with Gasteiger partial charge in [0, 0.05) is 0 Å². The smallest absolute Gasteiger partial charge is 0.00523 e. The molecule has 126 valence electrons. The van der Waals surface area contributed by atoms with E-state index in [-0.39, 0.29) is 5.41 Å². The van der Waals surface area contributed by atoms with Crippen molar-refractivity contribution in [2.45, 2.75) is 60.8 Å². The van der Waals surface area contributed by atoms with Crippen LogP contribution in [0.2, 0.25) is 0 Å². The largest absolute Gasteiger partial charge is 0.0598 e. The van der Waals surface area contributed by atoms with Crippen molar-refractivity contribution in [2.75, 3.05) is 0 Å². The Kier molecular flexibility index (Phi) is 4.20. The first-order valence-corrected chi connectivity index (χ1v) is 9.12. The van der Waals surface area contributed by atoms with Gasteiger partial charge in [0.05, 0.1) is 0 Å². The Hall–Kier alpha value is -1.82. The number of allylic oxidation sites excluding steroid dienone is 1. The van der Waals surface area contributed by atoms with Crippen LogP contribution in [0.5, 0.6) is 0 Å². The Balaban J connectivity index is 2.28. The minimum absolute atomic E-state index is 0.233. The first-order valence-electron chi connectivity index (χ1n) is 9.12. The van der Waals surface area contributed by atoms with Crippen molar-refractivity contribution in [3.63, 3.8) is 0 Å². The highest BCUT2D eigenvalue weighted by molar-refractivity contribution is 5.84. The Morgan fingerprint density at radius 3 is 2.08 bits per heavy atom. The first kappa shape index (κ1) is 17.0. The molecule has 24 heavy (non-hydrogen) atoms. The van der Waals surface area contributed by atoms with Crippen LogP contribution in [0, 0.1) is 19.3 Å². The zero-order chi connectivity index (χ0) is 17.6. The van der Waals surface area contributed by atoms with Gasteiger partial charge in [0.25, 0.3) is 0 Å². The van der Waals surface area contributed by atoms with E-state index in [2.05, 4.69) is 84.9 Å². The van der Waals surface area contributed by atoms with E-state index < -0.39 is 0 Å². The highest BCUT2D eigenvalue weighted by Crippen LogP contribution is 2.43. The molecule has 0 saturated heterocycles. The number of benzene rings is 2. The summed E-state index contributed by atoms with van der Waals surface area (Å²) in [5.41, 5.74) is 11.7. The van der Waals surface area contributed by atoms with Gasteiger partial charge in [0.2, 0.25) is 0 Å². The molecule has 0 fully saturated rings. The quantitative estimate of drug-likeness (QED) is 0.555. The average Bonchev–Trinajstić information content (AvgIpc) is 2.88. The molecule has 0 amide bonds. The maximum atomic E-state index is 2.47. The van der Waals surface area contributed by atoms with Crippen LogP contribution in [0.3, 0.4) is 0 Å². The van der Waals surface area contributed by atoms with E-state index in [1.807, 2.05) is 0 Å². The van der Waals surface area contributed by atoms with Gasteiger partial charge in [-0.2, -0.15) is 0 Å². The summed E-state index contributed by atoms with van der Waals surface area (Å²) in [5.74, 6) is 0.526. The molecular formula is C24H30. The molecule has 3 rings (SSSR count). The Labute approximate surface area is 147 Å². The van der Waals surface area contributed by atoms with Crippen molar-refractivity contribution in [3.05, 3.63) is 63.7 Å². The molecule has 0 nitrogen and oxygen atoms in total. The lowest BCUT2D eigenvalue weighted by Gasteiger charge is -2.19. The van der Waals surface area contributed by atoms with Crippen molar-refractivity contribution >= 4 is 6.08 Å². The molecule has 0 unspecified atom stereocenters. The molecule has 0 bridgehead atoms. The predicted molar refractivity (Wildman–Crippen MR) is 107 cm³/mol. The molecule has 2 aromatic carbocycles. The highest BCUT2D eigenvalue weighted by Gasteiger charge is 2.26. The molecule has 2 aromatic rings. The molecule has 1 aliphatic carbocycles. The number of aryl methyl sites for hydroxylation is 2. The predicted octanol–water partition coefficient (Wildman–Crippen LogP) is 7.08. The van der Waals surface area contributed by atoms with E-state index in [1.165, 1.54) is 38.9 Å². The van der Waals surface area contributed by atoms with Gasteiger partial charge in [-0.3, -0.25) is 0 Å². The standard InChI is InChI=1S/C24H30/c1-15(2)21-9-8-18-13-20(24(5,6)7)14-22(18)23(21)19-11-16(3)10-17(4)12-19/h8-12,14-15H,13H2,1-7H3. The summed E-state index contributed by atoms with van der Waals surface area (Å²) in [6.07, 6.45) is 3.56. The average molecular weight is 319 g/mol. The van der Waals surface area contributed by atoms with Gasteiger partial charge in [-0.25, -0.2) is 0 Å². The van der Waals surface area contributed by atoms with Crippen LogP contribution in [-0.2, 0) is 6.42 Å². The molecule has 0 N–H and O–H groups in total. The zero-order valence-corrected chi connectivity index (χ0v) is 16.2. The van der Waals surface area contributed by atoms with Crippen LogP contribution in [0.25, 0.3) is 17.2 Å². The number of hydrogen-bond donors (Lipinski definition) is 0. The lowest BCUT2D eigenvalue weighted by Crippen LogP contribution is -2.08. The maximum Gasteiger partial charge on any atom is -0.00523 e. The van der Waals surface area contributed by atoms with Crippen molar-refractivity contribution < 1.29 is 0 Å². The lowest BCUT2D eigenvalue weighted by molar-refractivity contribution is 0.498. The minimum atomic E-state index is 0.233. The third-order valence-electron chi connectivity index (χ3n) is 5.16. The van der Waals surface area contributed by atoms with Crippen LogP contribution in [0.1, 0.15) is 68.4 Å². The SMILES string of the molecule is Cc1cc(C)cc(-c2c(C(C)C)ccc3c2C=C(C(C)(C)C)C3)c1. The Morgan fingerprint density at radius 1 is 0.917 bits per heavy atom. The number of rotatable bonds is 2. The number of hydrogen-bond acceptors (Lipinski definition) is 0. The summed E-state index contributed by atoms with van der Waals surface area (Å²) in [5, 5.41) is 0. The normalized spacial score (nSPS) is 14.1. The van der Waals surface area contributed by atoms with Crippen LogP contribution < -0.4 is 0 Å². The summed E-state index contributed by atoms with van der Waals surface area (Å²) < 4.78 is 0. The van der Waals surface area contributed by atoms with Gasteiger partial charge in [0.15, 0.2) is 0 Å². The van der Waals surface area contributed by atoms with Crippen LogP contribution in [0.4, 0.5) is 0 Å². The summed E-state index contributed by atoms with van der Waals surface area (Å²) in [7, 11) is 0. The lowest BCUT2D eigenvalue weighted by atomic mass is 9.85. The van der Waals surface area contributed by atoms with Gasteiger partial charge >= 0.3 is 0 Å². The van der Waals surface area contributed by atoms with Gasteiger partial charge in [-0.1, -0.05) is 87.7 Å². The van der Waals surface area contributed by atoms with E-state index in [1.54, 1.807) is 5.57 Å².